The van der Waals surface area contributed by atoms with Crippen molar-refractivity contribution in [2.75, 3.05) is 25.0 Å². The number of amides is 1. The summed E-state index contributed by atoms with van der Waals surface area (Å²) in [6.07, 6.45) is 3.89. The molecule has 1 atom stereocenters. The predicted molar refractivity (Wildman–Crippen MR) is 94.7 cm³/mol. The van der Waals surface area contributed by atoms with Gasteiger partial charge in [-0.2, -0.15) is 0 Å². The van der Waals surface area contributed by atoms with Crippen LogP contribution >= 0.6 is 0 Å². The molecule has 8 heteroatoms. The number of hydrogen-bond donors (Lipinski definition) is 0. The fourth-order valence-electron chi connectivity index (χ4n) is 2.87. The molecule has 0 spiro atoms. The highest BCUT2D eigenvalue weighted by molar-refractivity contribution is 5.68. The number of piperidine rings is 1. The largest absolute Gasteiger partial charge is 0.444 e. The van der Waals surface area contributed by atoms with Crippen LogP contribution in [0.1, 0.15) is 40.0 Å². The zero-order valence-electron chi connectivity index (χ0n) is 15.3. The number of rotatable bonds is 4. The summed E-state index contributed by atoms with van der Waals surface area (Å²) in [6, 6.07) is 3.09. The summed E-state index contributed by atoms with van der Waals surface area (Å²) in [4.78, 5) is 30.6. The Balaban J connectivity index is 2.04. The number of pyridine rings is 1. The highest BCUT2D eigenvalue weighted by atomic mass is 16.6. The number of nitrogens with zero attached hydrogens (tertiary/aromatic N) is 4. The molecule has 0 radical (unpaired) electrons. The monoisotopic (exact) mass is 350 g/mol. The quantitative estimate of drug-likeness (QED) is 0.612. The molecule has 0 aromatic carbocycles. The SMILES string of the molecule is CN(C[C@@H]1CCCCN1C(=O)OC(C)(C)C)c1ccc([N+](=O)[O-])cn1. The third-order valence-electron chi connectivity index (χ3n) is 4.07. The lowest BCUT2D eigenvalue weighted by molar-refractivity contribution is -0.385. The molecule has 2 heterocycles. The molecule has 1 fully saturated rings. The molecule has 25 heavy (non-hydrogen) atoms. The second-order valence-corrected chi connectivity index (χ2v) is 7.34. The van der Waals surface area contributed by atoms with Gasteiger partial charge in [0.25, 0.3) is 5.69 Å². The van der Waals surface area contributed by atoms with Crippen LogP contribution in [0.25, 0.3) is 0 Å². The van der Waals surface area contributed by atoms with Crippen LogP contribution in [0.4, 0.5) is 16.3 Å². The first kappa shape index (κ1) is 19.0. The molecule has 1 amide bonds. The van der Waals surface area contributed by atoms with Gasteiger partial charge >= 0.3 is 6.09 Å². The van der Waals surface area contributed by atoms with Gasteiger partial charge in [-0.1, -0.05) is 0 Å². The van der Waals surface area contributed by atoms with Gasteiger partial charge in [-0.3, -0.25) is 10.1 Å². The summed E-state index contributed by atoms with van der Waals surface area (Å²) in [5.74, 6) is 0.639. The van der Waals surface area contributed by atoms with Crippen molar-refractivity contribution >= 4 is 17.6 Å². The molecule has 0 bridgehead atoms. The van der Waals surface area contributed by atoms with Crippen molar-refractivity contribution in [3.05, 3.63) is 28.4 Å². The van der Waals surface area contributed by atoms with E-state index < -0.39 is 10.5 Å². The van der Waals surface area contributed by atoms with E-state index in [1.807, 2.05) is 32.7 Å². The minimum Gasteiger partial charge on any atom is -0.444 e. The minimum atomic E-state index is -0.523. The van der Waals surface area contributed by atoms with Crippen molar-refractivity contribution in [3.63, 3.8) is 0 Å². The van der Waals surface area contributed by atoms with E-state index in [9.17, 15) is 14.9 Å². The molecule has 0 saturated carbocycles. The van der Waals surface area contributed by atoms with Crippen LogP contribution in [0.15, 0.2) is 18.3 Å². The second kappa shape index (κ2) is 7.67. The topological polar surface area (TPSA) is 88.8 Å². The van der Waals surface area contributed by atoms with Gasteiger partial charge in [0.15, 0.2) is 0 Å². The third kappa shape index (κ3) is 5.30. The number of ether oxygens (including phenoxy) is 1. The Bertz CT molecular complexity index is 612. The Morgan fingerprint density at radius 1 is 1.44 bits per heavy atom. The fourth-order valence-corrected chi connectivity index (χ4v) is 2.87. The Hall–Kier alpha value is -2.38. The van der Waals surface area contributed by atoms with Gasteiger partial charge in [0.2, 0.25) is 0 Å². The predicted octanol–water partition coefficient (Wildman–Crippen LogP) is 3.22. The van der Waals surface area contributed by atoms with Crippen molar-refractivity contribution in [2.24, 2.45) is 0 Å². The molecule has 8 nitrogen and oxygen atoms in total. The average molecular weight is 350 g/mol. The van der Waals surface area contributed by atoms with E-state index in [0.29, 0.717) is 18.9 Å². The molecule has 0 unspecified atom stereocenters. The van der Waals surface area contributed by atoms with Gasteiger partial charge in [0.05, 0.1) is 11.0 Å². The van der Waals surface area contributed by atoms with E-state index in [-0.39, 0.29) is 17.8 Å². The van der Waals surface area contributed by atoms with Crippen LogP contribution in [-0.4, -0.2) is 52.7 Å². The normalized spacial score (nSPS) is 17.9. The lowest BCUT2D eigenvalue weighted by atomic mass is 10.0. The van der Waals surface area contributed by atoms with Crippen LogP contribution in [0.3, 0.4) is 0 Å². The summed E-state index contributed by atoms with van der Waals surface area (Å²) in [7, 11) is 1.87. The molecule has 0 N–H and O–H groups in total. The van der Waals surface area contributed by atoms with E-state index in [1.165, 1.54) is 12.3 Å². The van der Waals surface area contributed by atoms with Crippen molar-refractivity contribution < 1.29 is 14.5 Å². The van der Waals surface area contributed by atoms with E-state index >= 15 is 0 Å². The number of carbonyl (C=O) groups is 1. The van der Waals surface area contributed by atoms with Crippen LogP contribution in [0, 0.1) is 10.1 Å². The highest BCUT2D eigenvalue weighted by Gasteiger charge is 2.31. The molecular formula is C17H26N4O4. The first-order valence-electron chi connectivity index (χ1n) is 8.48. The maximum Gasteiger partial charge on any atom is 0.410 e. The number of aromatic nitrogens is 1. The molecule has 1 aliphatic rings. The standard InChI is InChI=1S/C17H26N4O4/c1-17(2,3)25-16(22)20-10-6-5-7-14(20)12-19(4)15-9-8-13(11-18-15)21(23)24/h8-9,11,14H,5-7,10,12H2,1-4H3/t14-/m0/s1. The number of likely N-dealkylation sites (N-methyl/N-ethyl adjacent to an activating group) is 1. The first-order chi connectivity index (χ1) is 11.7. The van der Waals surface area contributed by atoms with Crippen LogP contribution in [0.5, 0.6) is 0 Å². The van der Waals surface area contributed by atoms with Crippen LogP contribution in [-0.2, 0) is 4.74 Å². The van der Waals surface area contributed by atoms with Crippen LogP contribution in [0.2, 0.25) is 0 Å². The number of likely N-dealkylation sites (tertiary alicyclic amines) is 1. The van der Waals surface area contributed by atoms with Crippen molar-refractivity contribution in [2.45, 2.75) is 51.7 Å². The minimum absolute atomic E-state index is 0.0330. The third-order valence-corrected chi connectivity index (χ3v) is 4.07. The van der Waals surface area contributed by atoms with Gasteiger partial charge in [-0.05, 0) is 46.1 Å². The molecule has 1 saturated heterocycles. The van der Waals surface area contributed by atoms with Crippen molar-refractivity contribution in [1.82, 2.24) is 9.88 Å². The van der Waals surface area contributed by atoms with E-state index in [4.69, 9.17) is 4.74 Å². The summed E-state index contributed by atoms with van der Waals surface area (Å²) < 4.78 is 5.51. The Morgan fingerprint density at radius 2 is 2.16 bits per heavy atom. The maximum absolute atomic E-state index is 12.5. The summed E-state index contributed by atoms with van der Waals surface area (Å²) >= 11 is 0. The van der Waals surface area contributed by atoms with Crippen LogP contribution < -0.4 is 4.90 Å². The second-order valence-electron chi connectivity index (χ2n) is 7.34. The molecule has 138 valence electrons. The molecule has 1 aromatic heterocycles. The molecule has 1 aromatic rings. The number of hydrogen-bond acceptors (Lipinski definition) is 6. The van der Waals surface area contributed by atoms with Crippen molar-refractivity contribution in [3.8, 4) is 0 Å². The molecular weight excluding hydrogens is 324 g/mol. The first-order valence-corrected chi connectivity index (χ1v) is 8.48. The lowest BCUT2D eigenvalue weighted by Gasteiger charge is -2.38. The lowest BCUT2D eigenvalue weighted by Crippen LogP contribution is -2.50. The van der Waals surface area contributed by atoms with Gasteiger partial charge < -0.3 is 14.5 Å². The Labute approximate surface area is 147 Å². The van der Waals surface area contributed by atoms with Gasteiger partial charge in [0, 0.05) is 26.2 Å². The van der Waals surface area contributed by atoms with Gasteiger partial charge in [-0.25, -0.2) is 9.78 Å². The summed E-state index contributed by atoms with van der Waals surface area (Å²) in [5.41, 5.74) is -0.560. The Morgan fingerprint density at radius 3 is 2.72 bits per heavy atom. The smallest absolute Gasteiger partial charge is 0.410 e. The zero-order valence-corrected chi connectivity index (χ0v) is 15.3. The summed E-state index contributed by atoms with van der Waals surface area (Å²) in [6.45, 7) is 6.86. The Kier molecular flexibility index (Phi) is 5.81. The number of anilines is 1. The zero-order chi connectivity index (χ0) is 18.6. The van der Waals surface area contributed by atoms with E-state index in [0.717, 1.165) is 19.3 Å². The molecule has 0 aliphatic carbocycles. The highest BCUT2D eigenvalue weighted by Crippen LogP contribution is 2.23. The number of carbonyl (C=O) groups excluding carboxylic acids is 1. The molecule has 1 aliphatic heterocycles. The summed E-state index contributed by atoms with van der Waals surface area (Å²) in [5, 5.41) is 10.7. The molecule has 2 rings (SSSR count). The van der Waals surface area contributed by atoms with E-state index in [2.05, 4.69) is 4.98 Å². The maximum atomic E-state index is 12.5. The van der Waals surface area contributed by atoms with Gasteiger partial charge in [-0.15, -0.1) is 0 Å². The van der Waals surface area contributed by atoms with Crippen molar-refractivity contribution in [1.29, 1.82) is 0 Å². The average Bonchev–Trinajstić information content (AvgIpc) is 2.53. The van der Waals surface area contributed by atoms with E-state index in [1.54, 1.807) is 11.0 Å². The number of nitro groups is 1. The van der Waals surface area contributed by atoms with Gasteiger partial charge in [0.1, 0.15) is 17.6 Å². The fraction of sp³-hybridized carbons (Fsp3) is 0.647.